The van der Waals surface area contributed by atoms with Crippen molar-refractivity contribution in [2.45, 2.75) is 18.9 Å². The SMILES string of the molecule is Cc1cc(NC(=O)C2(NC(=O)c3ccc(Br)s3)CCN(C)C2)ccc1N1CCOCC1=O. The van der Waals surface area contributed by atoms with Crippen LogP contribution in [0.2, 0.25) is 0 Å². The van der Waals surface area contributed by atoms with Crippen molar-refractivity contribution in [3.05, 3.63) is 44.6 Å². The van der Waals surface area contributed by atoms with Gasteiger partial charge in [0.05, 0.1) is 15.3 Å². The number of likely N-dealkylation sites (tertiary alicyclic amines) is 1. The first kappa shape index (κ1) is 22.9. The largest absolute Gasteiger partial charge is 0.370 e. The number of rotatable bonds is 5. The van der Waals surface area contributed by atoms with Crippen molar-refractivity contribution in [1.29, 1.82) is 0 Å². The smallest absolute Gasteiger partial charge is 0.262 e. The van der Waals surface area contributed by atoms with Crippen molar-refractivity contribution < 1.29 is 19.1 Å². The van der Waals surface area contributed by atoms with Crippen molar-refractivity contribution in [3.8, 4) is 0 Å². The third kappa shape index (κ3) is 4.73. The molecule has 2 fully saturated rings. The van der Waals surface area contributed by atoms with Crippen LogP contribution in [0.4, 0.5) is 11.4 Å². The first-order valence-corrected chi connectivity index (χ1v) is 11.9. The molecule has 1 aromatic carbocycles. The van der Waals surface area contributed by atoms with Gasteiger partial charge in [0.15, 0.2) is 0 Å². The molecule has 170 valence electrons. The van der Waals surface area contributed by atoms with Crippen molar-refractivity contribution >= 4 is 56.4 Å². The number of amides is 3. The molecule has 0 spiro atoms. The topological polar surface area (TPSA) is 91.0 Å². The normalized spacial score (nSPS) is 21.6. The van der Waals surface area contributed by atoms with Crippen LogP contribution >= 0.6 is 27.3 Å². The second-order valence-electron chi connectivity index (χ2n) is 8.18. The lowest BCUT2D eigenvalue weighted by molar-refractivity contribution is -0.125. The summed E-state index contributed by atoms with van der Waals surface area (Å²) in [5.74, 6) is -0.587. The van der Waals surface area contributed by atoms with E-state index in [9.17, 15) is 14.4 Å². The number of hydrogen-bond donors (Lipinski definition) is 2. The summed E-state index contributed by atoms with van der Waals surface area (Å²) in [6.45, 7) is 4.12. The maximum Gasteiger partial charge on any atom is 0.262 e. The van der Waals surface area contributed by atoms with Gasteiger partial charge in [0.2, 0.25) is 0 Å². The van der Waals surface area contributed by atoms with Crippen molar-refractivity contribution in [2.24, 2.45) is 0 Å². The molecule has 32 heavy (non-hydrogen) atoms. The maximum absolute atomic E-state index is 13.4. The van der Waals surface area contributed by atoms with Crippen molar-refractivity contribution in [1.82, 2.24) is 10.2 Å². The Bertz CT molecular complexity index is 1060. The van der Waals surface area contributed by atoms with Gasteiger partial charge in [-0.15, -0.1) is 11.3 Å². The van der Waals surface area contributed by atoms with E-state index < -0.39 is 5.54 Å². The molecule has 10 heteroatoms. The Morgan fingerprint density at radius 1 is 1.22 bits per heavy atom. The minimum absolute atomic E-state index is 0.0768. The first-order valence-electron chi connectivity index (χ1n) is 10.3. The van der Waals surface area contributed by atoms with E-state index in [1.807, 2.05) is 37.1 Å². The molecular weight excluding hydrogens is 496 g/mol. The molecule has 2 aliphatic heterocycles. The number of anilines is 2. The van der Waals surface area contributed by atoms with Crippen molar-refractivity contribution in [3.63, 3.8) is 0 Å². The number of likely N-dealkylation sites (N-methyl/N-ethyl adjacent to an activating group) is 1. The molecule has 2 aliphatic rings. The van der Waals surface area contributed by atoms with Gasteiger partial charge in [0.1, 0.15) is 12.1 Å². The molecule has 3 heterocycles. The van der Waals surface area contributed by atoms with E-state index in [4.69, 9.17) is 4.74 Å². The van der Waals surface area contributed by atoms with Gasteiger partial charge in [-0.2, -0.15) is 0 Å². The Hall–Kier alpha value is -2.27. The van der Waals surface area contributed by atoms with Crippen LogP contribution in [-0.2, 0) is 14.3 Å². The lowest BCUT2D eigenvalue weighted by Crippen LogP contribution is -2.58. The number of hydrogen-bond acceptors (Lipinski definition) is 6. The highest BCUT2D eigenvalue weighted by atomic mass is 79.9. The highest BCUT2D eigenvalue weighted by molar-refractivity contribution is 9.11. The molecule has 0 saturated carbocycles. The van der Waals surface area contributed by atoms with E-state index in [1.54, 1.807) is 17.0 Å². The number of benzene rings is 1. The molecule has 1 atom stereocenters. The van der Waals surface area contributed by atoms with Crippen LogP contribution in [0.3, 0.4) is 0 Å². The maximum atomic E-state index is 13.4. The summed E-state index contributed by atoms with van der Waals surface area (Å²) in [6, 6.07) is 9.03. The number of morpholine rings is 1. The number of nitrogens with zero attached hydrogens (tertiary/aromatic N) is 2. The summed E-state index contributed by atoms with van der Waals surface area (Å²) in [4.78, 5) is 42.6. The van der Waals surface area contributed by atoms with Gasteiger partial charge in [-0.3, -0.25) is 14.4 Å². The second-order valence-corrected chi connectivity index (χ2v) is 10.6. The van der Waals surface area contributed by atoms with Crippen LogP contribution in [0.15, 0.2) is 34.1 Å². The molecule has 0 aliphatic carbocycles. The van der Waals surface area contributed by atoms with E-state index in [0.717, 1.165) is 15.0 Å². The molecular formula is C22H25BrN4O4S. The van der Waals surface area contributed by atoms with Crippen LogP contribution in [0.25, 0.3) is 0 Å². The van der Waals surface area contributed by atoms with E-state index in [2.05, 4.69) is 26.6 Å². The standard InChI is InChI=1S/C22H25BrN4O4S/c1-14-11-15(3-4-16(14)27-9-10-31-12-19(27)28)24-21(30)22(7-8-26(2)13-22)25-20(29)17-5-6-18(23)32-17/h3-6,11H,7-10,12-13H2,1-2H3,(H,24,30)(H,25,29). The molecule has 8 nitrogen and oxygen atoms in total. The first-order chi connectivity index (χ1) is 15.3. The fourth-order valence-corrected chi connectivity index (χ4v) is 5.40. The molecule has 4 rings (SSSR count). The minimum atomic E-state index is -1.02. The predicted octanol–water partition coefficient (Wildman–Crippen LogP) is 2.63. The van der Waals surface area contributed by atoms with Crippen LogP contribution in [-0.4, -0.2) is 68.1 Å². The average molecular weight is 521 g/mol. The molecule has 1 aromatic heterocycles. The lowest BCUT2D eigenvalue weighted by Gasteiger charge is -2.30. The van der Waals surface area contributed by atoms with Crippen LogP contribution in [0.1, 0.15) is 21.7 Å². The molecule has 3 amide bonds. The second kappa shape index (κ2) is 9.30. The van der Waals surface area contributed by atoms with Gasteiger partial charge < -0.3 is 25.2 Å². The van der Waals surface area contributed by atoms with E-state index in [-0.39, 0.29) is 24.3 Å². The third-order valence-electron chi connectivity index (χ3n) is 5.78. The Morgan fingerprint density at radius 3 is 2.66 bits per heavy atom. The zero-order valence-electron chi connectivity index (χ0n) is 17.9. The molecule has 1 unspecified atom stereocenters. The van der Waals surface area contributed by atoms with E-state index in [0.29, 0.717) is 43.2 Å². The summed E-state index contributed by atoms with van der Waals surface area (Å²) in [7, 11) is 1.93. The number of aryl methyl sites for hydroxylation is 1. The molecule has 2 aromatic rings. The van der Waals surface area contributed by atoms with Gasteiger partial charge in [-0.1, -0.05) is 0 Å². The van der Waals surface area contributed by atoms with Gasteiger partial charge >= 0.3 is 0 Å². The fourth-order valence-electron chi connectivity index (χ4n) is 4.12. The summed E-state index contributed by atoms with van der Waals surface area (Å²) in [6.07, 6.45) is 0.521. The van der Waals surface area contributed by atoms with Crippen molar-refractivity contribution in [2.75, 3.05) is 50.1 Å². The Morgan fingerprint density at radius 2 is 2.03 bits per heavy atom. The molecule has 2 N–H and O–H groups in total. The number of halogens is 1. The zero-order chi connectivity index (χ0) is 22.9. The Balaban J connectivity index is 1.51. The van der Waals surface area contributed by atoms with Crippen LogP contribution < -0.4 is 15.5 Å². The van der Waals surface area contributed by atoms with Crippen LogP contribution in [0, 0.1) is 6.92 Å². The lowest BCUT2D eigenvalue weighted by atomic mass is 9.96. The Kier molecular flexibility index (Phi) is 6.66. The minimum Gasteiger partial charge on any atom is -0.370 e. The van der Waals surface area contributed by atoms with Gasteiger partial charge in [-0.05, 0) is 72.2 Å². The predicted molar refractivity (Wildman–Crippen MR) is 127 cm³/mol. The highest BCUT2D eigenvalue weighted by Gasteiger charge is 2.45. The number of carbonyl (C=O) groups is 3. The summed E-state index contributed by atoms with van der Waals surface area (Å²) in [5.41, 5.74) is 1.29. The molecule has 2 saturated heterocycles. The highest BCUT2D eigenvalue weighted by Crippen LogP contribution is 2.28. The summed E-state index contributed by atoms with van der Waals surface area (Å²) >= 11 is 4.70. The monoisotopic (exact) mass is 520 g/mol. The molecule has 0 radical (unpaired) electrons. The molecule has 0 bridgehead atoms. The Labute approximate surface area is 199 Å². The van der Waals surface area contributed by atoms with E-state index in [1.165, 1.54) is 11.3 Å². The zero-order valence-corrected chi connectivity index (χ0v) is 20.3. The quantitative estimate of drug-likeness (QED) is 0.632. The fraction of sp³-hybridized carbons (Fsp3) is 0.409. The van der Waals surface area contributed by atoms with Gasteiger partial charge in [0, 0.05) is 31.0 Å². The van der Waals surface area contributed by atoms with Gasteiger partial charge in [-0.25, -0.2) is 0 Å². The number of ether oxygens (including phenoxy) is 1. The van der Waals surface area contributed by atoms with Crippen LogP contribution in [0.5, 0.6) is 0 Å². The van der Waals surface area contributed by atoms with Gasteiger partial charge in [0.25, 0.3) is 17.7 Å². The number of thiophene rings is 1. The number of nitrogens with one attached hydrogen (secondary N) is 2. The summed E-state index contributed by atoms with van der Waals surface area (Å²) in [5, 5.41) is 5.96. The number of carbonyl (C=O) groups excluding carboxylic acids is 3. The van der Waals surface area contributed by atoms with E-state index >= 15 is 0 Å². The third-order valence-corrected chi connectivity index (χ3v) is 7.40. The average Bonchev–Trinajstić information content (AvgIpc) is 3.35. The summed E-state index contributed by atoms with van der Waals surface area (Å²) < 4.78 is 6.06.